The normalized spacial score (nSPS) is 17.2. The zero-order chi connectivity index (χ0) is 13.2. The van der Waals surface area contributed by atoms with E-state index in [9.17, 15) is 4.79 Å². The molecule has 1 aromatic heterocycles. The van der Waals surface area contributed by atoms with E-state index in [4.69, 9.17) is 9.47 Å². The minimum absolute atomic E-state index is 0.227. The standard InChI is InChI=1S/C14H13NO4/c1-17-14(16)10-4-9-2-3-11(5-13(9)15-6-10)18-7-12-8-19-12/h2-6,12H,7-8H2,1H3. The van der Waals surface area contributed by atoms with Gasteiger partial charge in [-0.1, -0.05) is 0 Å². The average Bonchev–Trinajstić information content (AvgIpc) is 3.27. The molecule has 1 aliphatic rings. The molecule has 0 aliphatic carbocycles. The lowest BCUT2D eigenvalue weighted by molar-refractivity contribution is 0.0600. The van der Waals surface area contributed by atoms with E-state index in [-0.39, 0.29) is 12.1 Å². The van der Waals surface area contributed by atoms with Crippen molar-refractivity contribution in [2.24, 2.45) is 0 Å². The molecule has 1 aliphatic heterocycles. The predicted molar refractivity (Wildman–Crippen MR) is 68.3 cm³/mol. The monoisotopic (exact) mass is 259 g/mol. The minimum Gasteiger partial charge on any atom is -0.491 e. The predicted octanol–water partition coefficient (Wildman–Crippen LogP) is 1.80. The van der Waals surface area contributed by atoms with Gasteiger partial charge in [0.05, 0.1) is 24.8 Å². The van der Waals surface area contributed by atoms with E-state index >= 15 is 0 Å². The topological polar surface area (TPSA) is 61.0 Å². The Labute approximate surface area is 110 Å². The molecular formula is C14H13NO4. The number of nitrogens with zero attached hydrogens (tertiary/aromatic N) is 1. The number of carbonyl (C=O) groups excluding carboxylic acids is 1. The molecule has 1 fully saturated rings. The molecule has 0 N–H and O–H groups in total. The van der Waals surface area contributed by atoms with E-state index in [2.05, 4.69) is 9.72 Å². The van der Waals surface area contributed by atoms with Crippen LogP contribution in [-0.2, 0) is 9.47 Å². The lowest BCUT2D eigenvalue weighted by atomic mass is 10.1. The van der Waals surface area contributed by atoms with Crippen LogP contribution in [-0.4, -0.2) is 37.4 Å². The van der Waals surface area contributed by atoms with E-state index in [1.807, 2.05) is 18.2 Å². The molecule has 19 heavy (non-hydrogen) atoms. The van der Waals surface area contributed by atoms with Crippen LogP contribution in [0, 0.1) is 0 Å². The van der Waals surface area contributed by atoms with E-state index < -0.39 is 0 Å². The average molecular weight is 259 g/mol. The van der Waals surface area contributed by atoms with Crippen LogP contribution in [0.2, 0.25) is 0 Å². The Balaban J connectivity index is 1.84. The molecule has 0 saturated carbocycles. The molecule has 0 bridgehead atoms. The Morgan fingerprint density at radius 2 is 2.32 bits per heavy atom. The molecule has 0 spiro atoms. The molecule has 2 aromatic rings. The lowest BCUT2D eigenvalue weighted by Crippen LogP contribution is -2.04. The fourth-order valence-electron chi connectivity index (χ4n) is 1.77. The van der Waals surface area contributed by atoms with Crippen molar-refractivity contribution in [2.45, 2.75) is 6.10 Å². The zero-order valence-electron chi connectivity index (χ0n) is 10.5. The number of pyridine rings is 1. The molecule has 5 nitrogen and oxygen atoms in total. The molecule has 1 aromatic carbocycles. The molecule has 1 atom stereocenters. The number of epoxide rings is 1. The lowest BCUT2D eigenvalue weighted by Gasteiger charge is -2.06. The van der Waals surface area contributed by atoms with Crippen molar-refractivity contribution in [3.8, 4) is 5.75 Å². The van der Waals surface area contributed by atoms with Gasteiger partial charge < -0.3 is 14.2 Å². The smallest absolute Gasteiger partial charge is 0.339 e. The first kappa shape index (κ1) is 11.9. The van der Waals surface area contributed by atoms with Crippen LogP contribution < -0.4 is 4.74 Å². The van der Waals surface area contributed by atoms with Crippen LogP contribution in [0.5, 0.6) is 5.75 Å². The second-order valence-corrected chi connectivity index (χ2v) is 4.34. The summed E-state index contributed by atoms with van der Waals surface area (Å²) in [6.45, 7) is 1.33. The van der Waals surface area contributed by atoms with Crippen LogP contribution in [0.15, 0.2) is 30.5 Å². The second-order valence-electron chi connectivity index (χ2n) is 4.34. The third-order valence-electron chi connectivity index (χ3n) is 2.91. The summed E-state index contributed by atoms with van der Waals surface area (Å²) in [5.74, 6) is 0.363. The summed E-state index contributed by atoms with van der Waals surface area (Å²) in [5, 5.41) is 0.873. The SMILES string of the molecule is COC(=O)c1cnc2cc(OCC3CO3)ccc2c1. The van der Waals surface area contributed by atoms with Gasteiger partial charge in [0, 0.05) is 17.6 Å². The number of carbonyl (C=O) groups is 1. The summed E-state index contributed by atoms with van der Waals surface area (Å²) >= 11 is 0. The van der Waals surface area contributed by atoms with Gasteiger partial charge in [-0.25, -0.2) is 4.79 Å². The number of benzene rings is 1. The number of hydrogen-bond acceptors (Lipinski definition) is 5. The molecule has 98 valence electrons. The summed E-state index contributed by atoms with van der Waals surface area (Å²) in [5.41, 5.74) is 1.22. The van der Waals surface area contributed by atoms with Crippen molar-refractivity contribution >= 4 is 16.9 Å². The van der Waals surface area contributed by atoms with Gasteiger partial charge in [-0.05, 0) is 18.2 Å². The van der Waals surface area contributed by atoms with E-state index in [1.165, 1.54) is 13.3 Å². The van der Waals surface area contributed by atoms with Gasteiger partial charge in [-0.2, -0.15) is 0 Å². The molecule has 0 amide bonds. The zero-order valence-corrected chi connectivity index (χ0v) is 10.5. The van der Waals surface area contributed by atoms with Crippen molar-refractivity contribution in [3.05, 3.63) is 36.0 Å². The summed E-state index contributed by atoms with van der Waals surface area (Å²) in [6.07, 6.45) is 1.73. The van der Waals surface area contributed by atoms with Crippen molar-refractivity contribution in [1.82, 2.24) is 4.98 Å². The van der Waals surface area contributed by atoms with Crippen LogP contribution in [0.3, 0.4) is 0 Å². The van der Waals surface area contributed by atoms with E-state index in [1.54, 1.807) is 6.07 Å². The highest BCUT2D eigenvalue weighted by molar-refractivity contribution is 5.93. The number of hydrogen-bond donors (Lipinski definition) is 0. The number of esters is 1. The number of rotatable bonds is 4. The molecule has 1 unspecified atom stereocenters. The fourth-order valence-corrected chi connectivity index (χ4v) is 1.77. The van der Waals surface area contributed by atoms with Crippen molar-refractivity contribution in [1.29, 1.82) is 0 Å². The van der Waals surface area contributed by atoms with Crippen LogP contribution in [0.4, 0.5) is 0 Å². The quantitative estimate of drug-likeness (QED) is 0.619. The second kappa shape index (κ2) is 4.85. The fraction of sp³-hybridized carbons (Fsp3) is 0.286. The number of fused-ring (bicyclic) bond motifs is 1. The van der Waals surface area contributed by atoms with Gasteiger partial charge in [-0.15, -0.1) is 0 Å². The van der Waals surface area contributed by atoms with E-state index in [0.29, 0.717) is 12.2 Å². The highest BCUT2D eigenvalue weighted by Crippen LogP contribution is 2.21. The van der Waals surface area contributed by atoms with Crippen LogP contribution in [0.25, 0.3) is 10.9 Å². The molecule has 5 heteroatoms. The summed E-state index contributed by atoms with van der Waals surface area (Å²) in [4.78, 5) is 15.6. The minimum atomic E-state index is -0.388. The summed E-state index contributed by atoms with van der Waals surface area (Å²) < 4.78 is 15.3. The maximum atomic E-state index is 11.4. The summed E-state index contributed by atoms with van der Waals surface area (Å²) in [6, 6.07) is 7.33. The van der Waals surface area contributed by atoms with Crippen molar-refractivity contribution in [3.63, 3.8) is 0 Å². The third-order valence-corrected chi connectivity index (χ3v) is 2.91. The first-order valence-electron chi connectivity index (χ1n) is 5.99. The Morgan fingerprint density at radius 1 is 1.47 bits per heavy atom. The van der Waals surface area contributed by atoms with Crippen LogP contribution >= 0.6 is 0 Å². The highest BCUT2D eigenvalue weighted by Gasteiger charge is 2.23. The van der Waals surface area contributed by atoms with Gasteiger partial charge in [0.25, 0.3) is 0 Å². The number of aromatic nitrogens is 1. The maximum absolute atomic E-state index is 11.4. The molecule has 2 heterocycles. The van der Waals surface area contributed by atoms with Gasteiger partial charge >= 0.3 is 5.97 Å². The molecule has 1 saturated heterocycles. The third kappa shape index (κ3) is 2.66. The Hall–Kier alpha value is -2.14. The Morgan fingerprint density at radius 3 is 3.05 bits per heavy atom. The van der Waals surface area contributed by atoms with Crippen molar-refractivity contribution < 1.29 is 19.0 Å². The van der Waals surface area contributed by atoms with Gasteiger partial charge in [0.1, 0.15) is 18.5 Å². The van der Waals surface area contributed by atoms with Crippen molar-refractivity contribution in [2.75, 3.05) is 20.3 Å². The van der Waals surface area contributed by atoms with Crippen LogP contribution in [0.1, 0.15) is 10.4 Å². The summed E-state index contributed by atoms with van der Waals surface area (Å²) in [7, 11) is 1.35. The molecular weight excluding hydrogens is 246 g/mol. The Kier molecular flexibility index (Phi) is 3.05. The highest BCUT2D eigenvalue weighted by atomic mass is 16.6. The number of ether oxygens (including phenoxy) is 3. The van der Waals surface area contributed by atoms with Gasteiger partial charge in [0.15, 0.2) is 0 Å². The number of methoxy groups -OCH3 is 1. The largest absolute Gasteiger partial charge is 0.491 e. The van der Waals surface area contributed by atoms with Gasteiger partial charge in [-0.3, -0.25) is 4.98 Å². The molecule has 3 rings (SSSR count). The van der Waals surface area contributed by atoms with Gasteiger partial charge in [0.2, 0.25) is 0 Å². The first-order valence-corrected chi connectivity index (χ1v) is 5.99. The first-order chi connectivity index (χ1) is 9.26. The molecule has 0 radical (unpaired) electrons. The Bertz CT molecular complexity index is 622. The maximum Gasteiger partial charge on any atom is 0.339 e. The van der Waals surface area contributed by atoms with E-state index in [0.717, 1.165) is 23.3 Å².